The average Bonchev–Trinajstić information content (AvgIpc) is 3.29. The Bertz CT molecular complexity index is 629. The zero-order valence-electron chi connectivity index (χ0n) is 31.6. The molecule has 6 atom stereocenters. The standard InChI is InChI=1S/C14H28.C13H26.C12H24O2/c1-13(2,3)11-9-7-8-10-12(11)14(4,5)6;1-12(2,3)10-8-7-9-11(10)13(4,5)6;1-11(2,3)9-10(12(4,5)6)14-8-7-13-9/h11-12H,7-10H2,1-6H3;10-11H,7-9H2,1-6H3;9-10H,7-8H2,1-6H3. The van der Waals surface area contributed by atoms with Crippen molar-refractivity contribution in [3.63, 3.8) is 0 Å². The van der Waals surface area contributed by atoms with Gasteiger partial charge in [0, 0.05) is 0 Å². The molecule has 0 radical (unpaired) electrons. The summed E-state index contributed by atoms with van der Waals surface area (Å²) < 4.78 is 11.7. The van der Waals surface area contributed by atoms with E-state index in [1.54, 1.807) is 0 Å². The van der Waals surface area contributed by atoms with E-state index in [-0.39, 0.29) is 23.0 Å². The third kappa shape index (κ3) is 12.4. The molecule has 0 aromatic heterocycles. The molecule has 2 aliphatic carbocycles. The fraction of sp³-hybridized carbons (Fsp3) is 1.00. The van der Waals surface area contributed by atoms with Crippen LogP contribution in [0.25, 0.3) is 0 Å². The Labute approximate surface area is 260 Å². The zero-order valence-corrected chi connectivity index (χ0v) is 31.6. The molecule has 3 fully saturated rings. The van der Waals surface area contributed by atoms with Crippen molar-refractivity contribution in [3.8, 4) is 0 Å². The van der Waals surface area contributed by atoms with Crippen LogP contribution >= 0.6 is 0 Å². The van der Waals surface area contributed by atoms with Crippen LogP contribution in [0.5, 0.6) is 0 Å². The molecule has 2 heteroatoms. The van der Waals surface area contributed by atoms with E-state index in [0.717, 1.165) is 36.9 Å². The monoisotopic (exact) mass is 579 g/mol. The van der Waals surface area contributed by atoms with E-state index in [2.05, 4.69) is 125 Å². The summed E-state index contributed by atoms with van der Waals surface area (Å²) in [6, 6.07) is 0. The Balaban J connectivity index is 0.000000308. The second kappa shape index (κ2) is 14.3. The predicted octanol–water partition coefficient (Wildman–Crippen LogP) is 12.2. The third-order valence-electron chi connectivity index (χ3n) is 10.4. The maximum atomic E-state index is 5.86. The highest BCUT2D eigenvalue weighted by Gasteiger charge is 2.43. The molecule has 246 valence electrons. The van der Waals surface area contributed by atoms with Crippen LogP contribution in [-0.2, 0) is 9.47 Å². The number of ether oxygens (including phenoxy) is 2. The molecule has 2 saturated carbocycles. The zero-order chi connectivity index (χ0) is 32.2. The number of hydrogen-bond acceptors (Lipinski definition) is 2. The molecule has 0 bridgehead atoms. The van der Waals surface area contributed by atoms with Crippen molar-refractivity contribution in [2.75, 3.05) is 13.2 Å². The van der Waals surface area contributed by atoms with Crippen LogP contribution < -0.4 is 0 Å². The Morgan fingerprint density at radius 3 is 0.732 bits per heavy atom. The average molecular weight is 579 g/mol. The van der Waals surface area contributed by atoms with E-state index in [1.807, 2.05) is 0 Å². The predicted molar refractivity (Wildman–Crippen MR) is 182 cm³/mol. The van der Waals surface area contributed by atoms with E-state index in [1.165, 1.54) is 44.9 Å². The second-order valence-corrected chi connectivity index (χ2v) is 20.4. The lowest BCUT2D eigenvalue weighted by Crippen LogP contribution is -2.52. The van der Waals surface area contributed by atoms with Gasteiger partial charge >= 0.3 is 0 Å². The molecule has 1 heterocycles. The fourth-order valence-electron chi connectivity index (χ4n) is 8.17. The molecule has 6 unspecified atom stereocenters. The van der Waals surface area contributed by atoms with Gasteiger partial charge in [-0.2, -0.15) is 0 Å². The van der Waals surface area contributed by atoms with Gasteiger partial charge in [-0.1, -0.05) is 144 Å². The van der Waals surface area contributed by atoms with Crippen molar-refractivity contribution in [3.05, 3.63) is 0 Å². The minimum Gasteiger partial charge on any atom is -0.373 e. The molecular weight excluding hydrogens is 500 g/mol. The summed E-state index contributed by atoms with van der Waals surface area (Å²) in [6.45, 7) is 43.7. The highest BCUT2D eigenvalue weighted by molar-refractivity contribution is 4.92. The highest BCUT2D eigenvalue weighted by atomic mass is 16.6. The smallest absolute Gasteiger partial charge is 0.0891 e. The quantitative estimate of drug-likeness (QED) is 0.284. The largest absolute Gasteiger partial charge is 0.373 e. The van der Waals surface area contributed by atoms with Gasteiger partial charge in [-0.3, -0.25) is 0 Å². The fourth-order valence-corrected chi connectivity index (χ4v) is 8.17. The van der Waals surface area contributed by atoms with Gasteiger partial charge in [-0.25, -0.2) is 0 Å². The van der Waals surface area contributed by atoms with Crippen LogP contribution in [0.2, 0.25) is 0 Å². The maximum absolute atomic E-state index is 5.86. The van der Waals surface area contributed by atoms with Crippen molar-refractivity contribution in [2.45, 2.75) is 182 Å². The molecule has 0 aromatic rings. The minimum absolute atomic E-state index is 0.151. The van der Waals surface area contributed by atoms with E-state index in [0.29, 0.717) is 21.7 Å². The first-order valence-electron chi connectivity index (χ1n) is 17.4. The van der Waals surface area contributed by atoms with Crippen molar-refractivity contribution in [1.29, 1.82) is 0 Å². The first-order valence-corrected chi connectivity index (χ1v) is 17.4. The van der Waals surface area contributed by atoms with Crippen molar-refractivity contribution in [2.24, 2.45) is 56.2 Å². The van der Waals surface area contributed by atoms with Crippen molar-refractivity contribution in [1.82, 2.24) is 0 Å². The molecule has 41 heavy (non-hydrogen) atoms. The van der Waals surface area contributed by atoms with Gasteiger partial charge < -0.3 is 9.47 Å². The Morgan fingerprint density at radius 2 is 0.537 bits per heavy atom. The van der Waals surface area contributed by atoms with Crippen LogP contribution in [0.4, 0.5) is 0 Å². The van der Waals surface area contributed by atoms with Crippen LogP contribution in [0.1, 0.15) is 170 Å². The summed E-state index contributed by atoms with van der Waals surface area (Å²) in [5, 5.41) is 0. The van der Waals surface area contributed by atoms with Crippen LogP contribution in [0.3, 0.4) is 0 Å². The van der Waals surface area contributed by atoms with E-state index < -0.39 is 0 Å². The molecule has 3 aliphatic rings. The lowest BCUT2D eigenvalue weighted by atomic mass is 9.59. The van der Waals surface area contributed by atoms with Crippen LogP contribution in [-0.4, -0.2) is 25.4 Å². The molecule has 3 rings (SSSR count). The molecule has 0 aromatic carbocycles. The van der Waals surface area contributed by atoms with Crippen LogP contribution in [0, 0.1) is 56.2 Å². The second-order valence-electron chi connectivity index (χ2n) is 20.4. The van der Waals surface area contributed by atoms with E-state index in [9.17, 15) is 0 Å². The summed E-state index contributed by atoms with van der Waals surface area (Å²) in [6.07, 6.45) is 10.6. The molecule has 1 saturated heterocycles. The first kappa shape index (κ1) is 38.9. The summed E-state index contributed by atoms with van der Waals surface area (Å²) in [7, 11) is 0. The molecule has 0 N–H and O–H groups in total. The summed E-state index contributed by atoms with van der Waals surface area (Å²) >= 11 is 0. The summed E-state index contributed by atoms with van der Waals surface area (Å²) in [5.74, 6) is 3.73. The van der Waals surface area contributed by atoms with Gasteiger partial charge in [-0.15, -0.1) is 0 Å². The van der Waals surface area contributed by atoms with Gasteiger partial charge in [0.1, 0.15) is 0 Å². The normalized spacial score (nSPS) is 30.6. The van der Waals surface area contributed by atoms with Crippen molar-refractivity contribution >= 4 is 0 Å². The molecule has 0 spiro atoms. The minimum atomic E-state index is 0.151. The molecular formula is C39H78O2. The Kier molecular flexibility index (Phi) is 13.6. The molecule has 2 nitrogen and oxygen atoms in total. The molecule has 1 aliphatic heterocycles. The van der Waals surface area contributed by atoms with E-state index in [4.69, 9.17) is 9.47 Å². The van der Waals surface area contributed by atoms with Gasteiger partial charge in [-0.05, 0) is 81.8 Å². The highest BCUT2D eigenvalue weighted by Crippen LogP contribution is 2.51. The topological polar surface area (TPSA) is 18.5 Å². The van der Waals surface area contributed by atoms with Gasteiger partial charge in [0.05, 0.1) is 25.4 Å². The Hall–Kier alpha value is -0.0800. The van der Waals surface area contributed by atoms with Gasteiger partial charge in [0.2, 0.25) is 0 Å². The van der Waals surface area contributed by atoms with Gasteiger partial charge in [0.25, 0.3) is 0 Å². The Morgan fingerprint density at radius 1 is 0.317 bits per heavy atom. The van der Waals surface area contributed by atoms with Crippen molar-refractivity contribution < 1.29 is 9.47 Å². The lowest BCUT2D eigenvalue weighted by molar-refractivity contribution is -0.204. The molecule has 0 amide bonds. The summed E-state index contributed by atoms with van der Waals surface area (Å²) in [4.78, 5) is 0. The first-order chi connectivity index (χ1) is 18.2. The summed E-state index contributed by atoms with van der Waals surface area (Å²) in [5.41, 5.74) is 2.32. The van der Waals surface area contributed by atoms with E-state index >= 15 is 0 Å². The lowest BCUT2D eigenvalue weighted by Gasteiger charge is -2.46. The van der Waals surface area contributed by atoms with Crippen LogP contribution in [0.15, 0.2) is 0 Å². The van der Waals surface area contributed by atoms with Gasteiger partial charge in [0.15, 0.2) is 0 Å². The maximum Gasteiger partial charge on any atom is 0.0891 e. The number of rotatable bonds is 0. The third-order valence-corrected chi connectivity index (χ3v) is 10.4. The SMILES string of the molecule is CC(C)(C)C1CCCC1C(C)(C)C.CC(C)(C)C1CCCCC1C(C)(C)C.CC(C)(C)C1OCCOC1C(C)(C)C. The number of hydrogen-bond donors (Lipinski definition) is 0.